The van der Waals surface area contributed by atoms with Gasteiger partial charge in [-0.25, -0.2) is 13.8 Å². The Morgan fingerprint density at radius 2 is 1.96 bits per heavy atom. The van der Waals surface area contributed by atoms with Gasteiger partial charge in [0, 0.05) is 92.9 Å². The number of amides is 1. The van der Waals surface area contributed by atoms with E-state index in [0.717, 1.165) is 43.7 Å². The van der Waals surface area contributed by atoms with Gasteiger partial charge in [0.2, 0.25) is 5.91 Å². The molecule has 9 rings (SSSR count). The van der Waals surface area contributed by atoms with E-state index >= 15 is 4.39 Å². The molecule has 0 spiro atoms. The molecule has 12 nitrogen and oxygen atoms in total. The highest BCUT2D eigenvalue weighted by molar-refractivity contribution is 6.36. The van der Waals surface area contributed by atoms with Crippen LogP contribution < -0.4 is 9.64 Å². The zero-order valence-electron chi connectivity index (χ0n) is 30.8. The molecule has 0 aliphatic carbocycles. The lowest BCUT2D eigenvalue weighted by Crippen LogP contribution is -2.55. The Morgan fingerprint density at radius 1 is 1.09 bits per heavy atom. The van der Waals surface area contributed by atoms with Crippen molar-refractivity contribution in [3.05, 3.63) is 83.8 Å². The third kappa shape index (κ3) is 6.71. The topological polar surface area (TPSA) is 120 Å². The Balaban J connectivity index is 1.02. The van der Waals surface area contributed by atoms with Crippen molar-refractivity contribution in [2.24, 2.45) is 0 Å². The molecule has 3 aromatic heterocycles. The smallest absolute Gasteiger partial charge is 0.319 e. The summed E-state index contributed by atoms with van der Waals surface area (Å²) in [4.78, 5) is 40.2. The minimum absolute atomic E-state index is 0.0214. The monoisotopic (exact) mass is 778 g/mol. The van der Waals surface area contributed by atoms with E-state index in [0.29, 0.717) is 66.3 Å². The molecule has 0 saturated carbocycles. The minimum atomic E-state index is -0.938. The van der Waals surface area contributed by atoms with Crippen molar-refractivity contribution in [2.45, 2.75) is 56.5 Å². The standard InChI is InChI=1S/C41H41ClF2N10O2/c42-32-8-2-6-27-5-1-7-30(35(27)32)37-36(44)38-31(22-47-37)39(49-40(48-38)56-26-41-11-4-15-53(41)23-28(43)21-41)52-19-20-54(29(24-52)10-12-45)34(55)9-3-14-50-17-18-51-16-13-46-33(51)25-50/h1-3,5-9,13,16,22,28-29H,4,10-11,14-15,17-21,23-26H2/b9-3+/t28-,29+,41+/m1/s1. The number of carbonyl (C=O) groups is 1. The second kappa shape index (κ2) is 15.0. The quantitative estimate of drug-likeness (QED) is 0.170. The zero-order valence-corrected chi connectivity index (χ0v) is 31.6. The molecule has 5 aromatic rings. The van der Waals surface area contributed by atoms with E-state index in [4.69, 9.17) is 21.3 Å². The predicted octanol–water partition coefficient (Wildman–Crippen LogP) is 5.79. The van der Waals surface area contributed by atoms with E-state index in [2.05, 4.69) is 35.4 Å². The molecule has 56 heavy (non-hydrogen) atoms. The van der Waals surface area contributed by atoms with Gasteiger partial charge in [-0.2, -0.15) is 15.2 Å². The Labute approximate surface area is 327 Å². The summed E-state index contributed by atoms with van der Waals surface area (Å²) in [7, 11) is 0. The average Bonchev–Trinajstić information content (AvgIpc) is 3.91. The maximum Gasteiger partial charge on any atom is 0.319 e. The van der Waals surface area contributed by atoms with Crippen LogP contribution in [0.25, 0.3) is 32.9 Å². The van der Waals surface area contributed by atoms with Gasteiger partial charge in [0.15, 0.2) is 5.82 Å². The van der Waals surface area contributed by atoms with Gasteiger partial charge in [0.25, 0.3) is 0 Å². The fourth-order valence-electron chi connectivity index (χ4n) is 9.05. The summed E-state index contributed by atoms with van der Waals surface area (Å²) in [5.74, 6) is 0.569. The van der Waals surface area contributed by atoms with Gasteiger partial charge in [0.1, 0.15) is 35.6 Å². The second-order valence-corrected chi connectivity index (χ2v) is 15.6. The SMILES string of the molecule is N#CC[C@H]1CN(c2nc(OC[C@@]34CCCN3C[C@H](F)C4)nc3c(F)c(-c4cccc5cccc(Cl)c45)ncc23)CCN1C(=O)/C=C/CN1CCn2ccnc2C1. The average molecular weight is 779 g/mol. The zero-order chi connectivity index (χ0) is 38.4. The highest BCUT2D eigenvalue weighted by atomic mass is 35.5. The van der Waals surface area contributed by atoms with Crippen LogP contribution in [0.15, 0.2) is 67.1 Å². The number of anilines is 1. The molecule has 4 aliphatic heterocycles. The first-order chi connectivity index (χ1) is 27.3. The molecule has 0 N–H and O–H groups in total. The lowest BCUT2D eigenvalue weighted by molar-refractivity contribution is -0.128. The largest absolute Gasteiger partial charge is 0.461 e. The first kappa shape index (κ1) is 36.4. The van der Waals surface area contributed by atoms with Gasteiger partial charge in [-0.05, 0) is 30.8 Å². The van der Waals surface area contributed by atoms with E-state index in [1.165, 1.54) is 0 Å². The molecule has 3 atom stereocenters. The van der Waals surface area contributed by atoms with E-state index < -0.39 is 23.6 Å². The second-order valence-electron chi connectivity index (χ2n) is 15.2. The Morgan fingerprint density at radius 3 is 2.84 bits per heavy atom. The van der Waals surface area contributed by atoms with Crippen LogP contribution in [0.3, 0.4) is 0 Å². The predicted molar refractivity (Wildman–Crippen MR) is 208 cm³/mol. The number of alkyl halides is 1. The molecule has 3 fully saturated rings. The minimum Gasteiger partial charge on any atom is -0.461 e. The summed E-state index contributed by atoms with van der Waals surface area (Å²) in [5.41, 5.74) is 0.167. The number of ether oxygens (including phenoxy) is 1. The highest BCUT2D eigenvalue weighted by Crippen LogP contribution is 2.41. The first-order valence-electron chi connectivity index (χ1n) is 19.2. The molecular weight excluding hydrogens is 738 g/mol. The highest BCUT2D eigenvalue weighted by Gasteiger charge is 2.49. The molecule has 0 radical (unpaired) electrons. The number of fused-ring (bicyclic) bond motifs is 4. The van der Waals surface area contributed by atoms with Gasteiger partial charge in [-0.15, -0.1) is 0 Å². The summed E-state index contributed by atoms with van der Waals surface area (Å²) in [6.07, 6.45) is 10.1. The first-order valence-corrected chi connectivity index (χ1v) is 19.6. The van der Waals surface area contributed by atoms with Crippen LogP contribution in [0.4, 0.5) is 14.6 Å². The van der Waals surface area contributed by atoms with Crippen molar-refractivity contribution in [2.75, 3.05) is 57.3 Å². The summed E-state index contributed by atoms with van der Waals surface area (Å²) in [6, 6.07) is 12.8. The maximum atomic E-state index is 17.0. The van der Waals surface area contributed by atoms with Crippen molar-refractivity contribution < 1.29 is 18.3 Å². The number of aromatic nitrogens is 5. The third-order valence-electron chi connectivity index (χ3n) is 11.8. The molecule has 3 saturated heterocycles. The molecule has 0 unspecified atom stereocenters. The summed E-state index contributed by atoms with van der Waals surface area (Å²) < 4.78 is 40.1. The Kier molecular flexibility index (Phi) is 9.77. The number of halogens is 3. The lowest BCUT2D eigenvalue weighted by Gasteiger charge is -2.41. The molecule has 0 bridgehead atoms. The van der Waals surface area contributed by atoms with Crippen LogP contribution in [0.5, 0.6) is 6.01 Å². The normalized spacial score (nSPS) is 22.9. The summed E-state index contributed by atoms with van der Waals surface area (Å²) >= 11 is 6.65. The number of nitrogens with zero attached hydrogens (tertiary/aromatic N) is 10. The number of imidazole rings is 1. The summed E-state index contributed by atoms with van der Waals surface area (Å²) in [6.45, 7) is 5.32. The molecular formula is C41H41ClF2N10O2. The number of carbonyl (C=O) groups excluding carboxylic acids is 1. The van der Waals surface area contributed by atoms with E-state index in [9.17, 15) is 14.4 Å². The number of hydrogen-bond donors (Lipinski definition) is 0. The Bertz CT molecular complexity index is 2380. The lowest BCUT2D eigenvalue weighted by atomic mass is 9.95. The van der Waals surface area contributed by atoms with Crippen LogP contribution in [-0.2, 0) is 17.9 Å². The van der Waals surface area contributed by atoms with Crippen molar-refractivity contribution in [1.82, 2.24) is 39.2 Å². The molecule has 15 heteroatoms. The van der Waals surface area contributed by atoms with Gasteiger partial charge in [-0.1, -0.05) is 48.0 Å². The molecule has 7 heterocycles. The van der Waals surface area contributed by atoms with Gasteiger partial charge in [-0.3, -0.25) is 19.6 Å². The van der Waals surface area contributed by atoms with Gasteiger partial charge < -0.3 is 19.1 Å². The van der Waals surface area contributed by atoms with Crippen LogP contribution in [0.2, 0.25) is 5.02 Å². The maximum absolute atomic E-state index is 17.0. The fourth-order valence-corrected chi connectivity index (χ4v) is 9.33. The fraction of sp³-hybridized carbons (Fsp3) is 0.415. The van der Waals surface area contributed by atoms with Gasteiger partial charge in [0.05, 0.1) is 36.0 Å². The number of rotatable bonds is 9. The third-order valence-corrected chi connectivity index (χ3v) is 12.1. The molecule has 2 aromatic carbocycles. The molecule has 1 amide bonds. The number of benzene rings is 2. The van der Waals surface area contributed by atoms with Crippen molar-refractivity contribution >= 4 is 45.0 Å². The van der Waals surface area contributed by atoms with E-state index in [1.807, 2.05) is 41.4 Å². The van der Waals surface area contributed by atoms with Crippen molar-refractivity contribution in [1.29, 1.82) is 5.26 Å². The van der Waals surface area contributed by atoms with Crippen LogP contribution in [0, 0.1) is 17.1 Å². The number of nitriles is 1. The Hall–Kier alpha value is -5.23. The number of pyridine rings is 1. The van der Waals surface area contributed by atoms with E-state index in [-0.39, 0.29) is 42.7 Å². The van der Waals surface area contributed by atoms with Gasteiger partial charge >= 0.3 is 6.01 Å². The number of hydrogen-bond acceptors (Lipinski definition) is 10. The number of piperazine rings is 1. The van der Waals surface area contributed by atoms with E-state index in [1.54, 1.807) is 35.5 Å². The van der Waals surface area contributed by atoms with Crippen LogP contribution in [0.1, 0.15) is 31.5 Å². The molecule has 4 aliphatic rings. The van der Waals surface area contributed by atoms with Crippen LogP contribution in [-0.4, -0.2) is 115 Å². The summed E-state index contributed by atoms with van der Waals surface area (Å²) in [5, 5.41) is 12.2. The van der Waals surface area contributed by atoms with Crippen molar-refractivity contribution in [3.63, 3.8) is 0 Å². The van der Waals surface area contributed by atoms with Crippen LogP contribution >= 0.6 is 11.6 Å². The van der Waals surface area contributed by atoms with Crippen molar-refractivity contribution in [3.8, 4) is 23.3 Å². The molecule has 288 valence electrons.